The predicted octanol–water partition coefficient (Wildman–Crippen LogP) is 3.15. The number of carbonyl (C=O) groups excluding carboxylic acids is 2. The van der Waals surface area contributed by atoms with E-state index in [0.717, 1.165) is 41.4 Å². The summed E-state index contributed by atoms with van der Waals surface area (Å²) in [5.41, 5.74) is 3.95. The van der Waals surface area contributed by atoms with Crippen molar-refractivity contribution in [2.75, 3.05) is 30.6 Å². The van der Waals surface area contributed by atoms with Gasteiger partial charge in [0.25, 0.3) is 21.8 Å². The number of nitrogens with one attached hydrogen (secondary N) is 2. The molecule has 2 N–H and O–H groups in total. The molecule has 0 aromatic heterocycles. The van der Waals surface area contributed by atoms with Crippen LogP contribution >= 0.6 is 0 Å². The lowest BCUT2D eigenvalue weighted by Crippen LogP contribution is -2.39. The van der Waals surface area contributed by atoms with Crippen LogP contribution in [0.5, 0.6) is 5.75 Å². The van der Waals surface area contributed by atoms with E-state index in [4.69, 9.17) is 9.47 Å². The smallest absolute Gasteiger partial charge is 0.264 e. The minimum absolute atomic E-state index is 0.00801. The van der Waals surface area contributed by atoms with Gasteiger partial charge in [0.1, 0.15) is 18.1 Å². The van der Waals surface area contributed by atoms with E-state index in [1.54, 1.807) is 36.4 Å². The first kappa shape index (κ1) is 29.7. The molecule has 1 aliphatic heterocycles. The highest BCUT2D eigenvalue weighted by Crippen LogP contribution is 2.24. The summed E-state index contributed by atoms with van der Waals surface area (Å²) >= 11 is 0. The van der Waals surface area contributed by atoms with Crippen molar-refractivity contribution in [1.82, 2.24) is 10.7 Å². The molecular formula is C29H31FN4O6S. The van der Waals surface area contributed by atoms with E-state index >= 15 is 0 Å². The van der Waals surface area contributed by atoms with E-state index in [-0.39, 0.29) is 29.2 Å². The zero-order valence-electron chi connectivity index (χ0n) is 22.5. The van der Waals surface area contributed by atoms with E-state index in [0.29, 0.717) is 17.9 Å². The summed E-state index contributed by atoms with van der Waals surface area (Å²) in [5, 5.41) is 6.70. The van der Waals surface area contributed by atoms with Gasteiger partial charge in [-0.2, -0.15) is 5.10 Å². The van der Waals surface area contributed by atoms with Crippen LogP contribution in [-0.2, 0) is 24.3 Å². The zero-order chi connectivity index (χ0) is 29.2. The largest absolute Gasteiger partial charge is 0.484 e. The van der Waals surface area contributed by atoms with Crippen LogP contribution in [0.2, 0.25) is 0 Å². The first-order valence-electron chi connectivity index (χ1n) is 13.0. The van der Waals surface area contributed by atoms with Crippen LogP contribution in [-0.4, -0.2) is 58.9 Å². The van der Waals surface area contributed by atoms with E-state index < -0.39 is 28.3 Å². The van der Waals surface area contributed by atoms with Crippen molar-refractivity contribution in [3.63, 3.8) is 0 Å². The maximum Gasteiger partial charge on any atom is 0.264 e. The summed E-state index contributed by atoms with van der Waals surface area (Å²) in [4.78, 5) is 24.6. The Balaban J connectivity index is 1.32. The molecule has 0 saturated carbocycles. The van der Waals surface area contributed by atoms with Crippen LogP contribution < -0.4 is 19.8 Å². The molecule has 1 heterocycles. The van der Waals surface area contributed by atoms with Crippen LogP contribution in [0.15, 0.2) is 82.8 Å². The highest BCUT2D eigenvalue weighted by Gasteiger charge is 2.27. The molecular weight excluding hydrogens is 551 g/mol. The predicted molar refractivity (Wildman–Crippen MR) is 152 cm³/mol. The molecule has 2 amide bonds. The Hall–Kier alpha value is -4.29. The van der Waals surface area contributed by atoms with Gasteiger partial charge in [0.15, 0.2) is 6.61 Å². The minimum Gasteiger partial charge on any atom is -0.484 e. The summed E-state index contributed by atoms with van der Waals surface area (Å²) < 4.78 is 52.1. The molecule has 0 aliphatic carbocycles. The number of rotatable bonds is 12. The lowest BCUT2D eigenvalue weighted by atomic mass is 10.2. The molecule has 3 aromatic carbocycles. The number of halogens is 1. The van der Waals surface area contributed by atoms with E-state index in [2.05, 4.69) is 15.8 Å². The standard InChI is InChI=1S/C29H31FN4O6S/c1-21-4-14-27(15-5-21)41(37,38)34(24-10-8-23(30)9-11-24)19-28(35)33-32-17-22-6-12-25(13-7-22)40-20-29(36)31-18-26-3-2-16-39-26/h4-15,17,26H,2-3,16,18-20H2,1H3,(H,31,36)(H,33,35)/b32-17-/t26-/m0/s1. The number of nitrogens with zero attached hydrogens (tertiary/aromatic N) is 2. The normalized spacial score (nSPS) is 15.0. The second-order valence-electron chi connectivity index (χ2n) is 9.39. The molecule has 1 aliphatic rings. The molecule has 0 bridgehead atoms. The molecule has 4 rings (SSSR count). The Morgan fingerprint density at radius 1 is 1.05 bits per heavy atom. The average Bonchev–Trinajstić information content (AvgIpc) is 3.49. The monoisotopic (exact) mass is 582 g/mol. The van der Waals surface area contributed by atoms with Crippen molar-refractivity contribution in [2.24, 2.45) is 5.10 Å². The van der Waals surface area contributed by atoms with Gasteiger partial charge in [-0.1, -0.05) is 17.7 Å². The highest BCUT2D eigenvalue weighted by molar-refractivity contribution is 7.92. The van der Waals surface area contributed by atoms with Crippen molar-refractivity contribution >= 4 is 33.7 Å². The number of hydrazone groups is 1. The van der Waals surface area contributed by atoms with Crippen molar-refractivity contribution in [1.29, 1.82) is 0 Å². The lowest BCUT2D eigenvalue weighted by molar-refractivity contribution is -0.123. The second kappa shape index (κ2) is 13.9. The van der Waals surface area contributed by atoms with Gasteiger partial charge in [-0.3, -0.25) is 13.9 Å². The third-order valence-corrected chi connectivity index (χ3v) is 8.00. The van der Waals surface area contributed by atoms with Gasteiger partial charge in [0.2, 0.25) is 0 Å². The molecule has 216 valence electrons. The topological polar surface area (TPSA) is 126 Å². The van der Waals surface area contributed by atoms with Crippen molar-refractivity contribution in [3.8, 4) is 5.75 Å². The Morgan fingerprint density at radius 3 is 2.41 bits per heavy atom. The quantitative estimate of drug-likeness (QED) is 0.250. The molecule has 0 spiro atoms. The molecule has 3 aromatic rings. The number of carbonyl (C=O) groups is 2. The minimum atomic E-state index is -4.13. The fourth-order valence-electron chi connectivity index (χ4n) is 3.99. The summed E-state index contributed by atoms with van der Waals surface area (Å²) in [5.74, 6) is -0.998. The van der Waals surface area contributed by atoms with Gasteiger partial charge in [-0.25, -0.2) is 18.2 Å². The van der Waals surface area contributed by atoms with Gasteiger partial charge in [-0.05, 0) is 86.0 Å². The van der Waals surface area contributed by atoms with Crippen LogP contribution in [0.1, 0.15) is 24.0 Å². The molecule has 1 saturated heterocycles. The van der Waals surface area contributed by atoms with Crippen molar-refractivity contribution in [2.45, 2.75) is 30.8 Å². The fraction of sp³-hybridized carbons (Fsp3) is 0.276. The Morgan fingerprint density at radius 2 is 1.76 bits per heavy atom. The van der Waals surface area contributed by atoms with Gasteiger partial charge in [0, 0.05) is 13.2 Å². The molecule has 1 atom stereocenters. The molecule has 10 nitrogen and oxygen atoms in total. The Kier molecular flexibility index (Phi) is 10.0. The van der Waals surface area contributed by atoms with Gasteiger partial charge in [-0.15, -0.1) is 0 Å². The summed E-state index contributed by atoms with van der Waals surface area (Å²) in [6.07, 6.45) is 3.37. The summed E-state index contributed by atoms with van der Waals surface area (Å²) in [6.45, 7) is 2.30. The molecule has 41 heavy (non-hydrogen) atoms. The summed E-state index contributed by atoms with van der Waals surface area (Å²) in [7, 11) is -4.13. The number of hydrogen-bond donors (Lipinski definition) is 2. The number of aryl methyl sites for hydroxylation is 1. The molecule has 0 radical (unpaired) electrons. The summed E-state index contributed by atoms with van der Waals surface area (Å²) in [6, 6.07) is 17.7. The first-order chi connectivity index (χ1) is 19.7. The molecule has 1 fully saturated rings. The highest BCUT2D eigenvalue weighted by atomic mass is 32.2. The van der Waals surface area contributed by atoms with E-state index in [1.165, 1.54) is 30.5 Å². The van der Waals surface area contributed by atoms with E-state index in [9.17, 15) is 22.4 Å². The number of amides is 2. The fourth-order valence-corrected chi connectivity index (χ4v) is 5.41. The SMILES string of the molecule is Cc1ccc(S(=O)(=O)N(CC(=O)N/N=C\c2ccc(OCC(=O)NC[C@@H]3CCCO3)cc2)c2ccc(F)cc2)cc1. The number of ether oxygens (including phenoxy) is 2. The Labute approximate surface area is 238 Å². The Bertz CT molecular complexity index is 1460. The van der Waals surface area contributed by atoms with Crippen molar-refractivity contribution < 1.29 is 31.9 Å². The van der Waals surface area contributed by atoms with Crippen LogP contribution in [0.4, 0.5) is 10.1 Å². The van der Waals surface area contributed by atoms with Crippen LogP contribution in [0.25, 0.3) is 0 Å². The first-order valence-corrected chi connectivity index (χ1v) is 14.4. The lowest BCUT2D eigenvalue weighted by Gasteiger charge is -2.23. The maximum atomic E-state index is 13.5. The molecule has 0 unspecified atom stereocenters. The van der Waals surface area contributed by atoms with E-state index in [1.807, 2.05) is 6.92 Å². The number of anilines is 1. The number of sulfonamides is 1. The van der Waals surface area contributed by atoms with Gasteiger partial charge in [0.05, 0.1) is 22.9 Å². The number of benzene rings is 3. The maximum absolute atomic E-state index is 13.5. The van der Waals surface area contributed by atoms with Gasteiger partial charge >= 0.3 is 0 Å². The van der Waals surface area contributed by atoms with Crippen LogP contribution in [0.3, 0.4) is 0 Å². The van der Waals surface area contributed by atoms with Crippen LogP contribution in [0, 0.1) is 12.7 Å². The van der Waals surface area contributed by atoms with Crippen molar-refractivity contribution in [3.05, 3.63) is 89.7 Å². The number of hydrogen-bond acceptors (Lipinski definition) is 7. The second-order valence-corrected chi connectivity index (χ2v) is 11.3. The molecule has 12 heteroatoms. The third-order valence-electron chi connectivity index (χ3n) is 6.21. The average molecular weight is 583 g/mol. The zero-order valence-corrected chi connectivity index (χ0v) is 23.3. The van der Waals surface area contributed by atoms with Gasteiger partial charge < -0.3 is 14.8 Å². The third kappa shape index (κ3) is 8.60.